The van der Waals surface area contributed by atoms with Gasteiger partial charge in [0.05, 0.1) is 18.9 Å². The first-order valence-electron chi connectivity index (χ1n) is 18.8. The summed E-state index contributed by atoms with van der Waals surface area (Å²) in [6.07, 6.45) is 1.30. The second-order valence-electron chi connectivity index (χ2n) is 13.8. The van der Waals surface area contributed by atoms with Crippen LogP contribution >= 0.6 is 23.7 Å². The largest absolute Gasteiger partial charge is 0.497 e. The van der Waals surface area contributed by atoms with Gasteiger partial charge in [0, 0.05) is 17.8 Å². The smallest absolute Gasteiger partial charge is 0.355 e. The Balaban J connectivity index is 0.989. The summed E-state index contributed by atoms with van der Waals surface area (Å²) in [5.41, 5.74) is 11.1. The average Bonchev–Trinajstić information content (AvgIpc) is 3.99. The highest BCUT2D eigenvalue weighted by Crippen LogP contribution is 2.44. The van der Waals surface area contributed by atoms with E-state index in [1.54, 1.807) is 29.2 Å². The Morgan fingerprint density at radius 1 is 0.914 bits per heavy atom. The molecule has 298 valence electrons. The highest BCUT2D eigenvalue weighted by atomic mass is 32.2. The fraction of sp³-hybridized carbons (Fsp3) is 0.256. The van der Waals surface area contributed by atoms with Gasteiger partial charge < -0.3 is 24.4 Å². The minimum Gasteiger partial charge on any atom is -0.497 e. The molecule has 3 atom stereocenters. The molecule has 2 saturated heterocycles. The molecule has 13 nitrogen and oxygen atoms in total. The van der Waals surface area contributed by atoms with E-state index in [0.29, 0.717) is 23.8 Å². The number of esters is 1. The number of amides is 2. The van der Waals surface area contributed by atoms with Crippen molar-refractivity contribution in [2.24, 2.45) is 5.16 Å². The van der Waals surface area contributed by atoms with E-state index in [1.165, 1.54) is 35.7 Å². The number of hydrogen-bond donors (Lipinski definition) is 3. The number of benzene rings is 4. The molecule has 4 aliphatic rings. The number of carbonyl (C=O) groups excluding carboxylic acids is 3. The fourth-order valence-electron chi connectivity index (χ4n) is 7.52. The van der Waals surface area contributed by atoms with Crippen molar-refractivity contribution in [3.05, 3.63) is 160 Å². The first-order chi connectivity index (χ1) is 28.4. The molecule has 4 aromatic carbocycles. The first-order valence-corrected chi connectivity index (χ1v) is 20.7. The van der Waals surface area contributed by atoms with Gasteiger partial charge in [-0.25, -0.2) is 10.2 Å². The molecule has 0 radical (unpaired) electrons. The van der Waals surface area contributed by atoms with Crippen LogP contribution in [0.2, 0.25) is 0 Å². The number of rotatable bonds is 14. The summed E-state index contributed by atoms with van der Waals surface area (Å²) in [4.78, 5) is 48.3. The maximum absolute atomic E-state index is 14.0. The highest BCUT2D eigenvalue weighted by molar-refractivity contribution is 8.00. The van der Waals surface area contributed by atoms with E-state index in [0.717, 1.165) is 40.7 Å². The molecular weight excluding hydrogens is 777 g/mol. The molecule has 58 heavy (non-hydrogen) atoms. The predicted molar refractivity (Wildman–Crippen MR) is 221 cm³/mol. The Morgan fingerprint density at radius 3 is 2.12 bits per heavy atom. The summed E-state index contributed by atoms with van der Waals surface area (Å²) in [5, 5.41) is 8.16. The van der Waals surface area contributed by atoms with Crippen molar-refractivity contribution >= 4 is 47.2 Å². The van der Waals surface area contributed by atoms with Crippen LogP contribution in [0.25, 0.3) is 0 Å². The van der Waals surface area contributed by atoms with Crippen LogP contribution in [-0.2, 0) is 40.8 Å². The van der Waals surface area contributed by atoms with Crippen LogP contribution in [0.1, 0.15) is 35.1 Å². The maximum Gasteiger partial charge on any atom is 0.355 e. The molecule has 0 saturated carbocycles. The third-order valence-corrected chi connectivity index (χ3v) is 12.4. The molecule has 2 fully saturated rings. The number of oxime groups is 1. The summed E-state index contributed by atoms with van der Waals surface area (Å²) < 4.78 is 18.7. The van der Waals surface area contributed by atoms with E-state index >= 15 is 0 Å². The van der Waals surface area contributed by atoms with Crippen LogP contribution in [0.15, 0.2) is 143 Å². The Kier molecular flexibility index (Phi) is 11.8. The van der Waals surface area contributed by atoms with Crippen molar-refractivity contribution in [3.63, 3.8) is 0 Å². The summed E-state index contributed by atoms with van der Waals surface area (Å²) in [7, 11) is 2.94. The highest BCUT2D eigenvalue weighted by Gasteiger charge is 2.55. The zero-order chi connectivity index (χ0) is 40.1. The minimum atomic E-state index is -0.930. The average molecular weight is 819 g/mol. The number of hydrazine groups is 2. The van der Waals surface area contributed by atoms with Crippen molar-refractivity contribution in [1.29, 1.82) is 0 Å². The van der Waals surface area contributed by atoms with Crippen LogP contribution in [0, 0.1) is 0 Å². The summed E-state index contributed by atoms with van der Waals surface area (Å²) in [5.74, 6) is -0.549. The van der Waals surface area contributed by atoms with E-state index in [9.17, 15) is 14.4 Å². The van der Waals surface area contributed by atoms with Crippen LogP contribution in [0.4, 0.5) is 0 Å². The van der Waals surface area contributed by atoms with Gasteiger partial charge in [-0.3, -0.25) is 19.9 Å². The number of ether oxygens (including phenoxy) is 3. The van der Waals surface area contributed by atoms with Gasteiger partial charge in [0.1, 0.15) is 42.1 Å². The van der Waals surface area contributed by atoms with Gasteiger partial charge in [-0.1, -0.05) is 113 Å². The van der Waals surface area contributed by atoms with Gasteiger partial charge >= 0.3 is 5.97 Å². The third kappa shape index (κ3) is 7.71. The number of nitrogens with one attached hydrogen (secondary N) is 3. The number of nitrogens with zero attached hydrogens (tertiary/aromatic N) is 3. The van der Waals surface area contributed by atoms with E-state index in [4.69, 9.17) is 19.0 Å². The van der Waals surface area contributed by atoms with Gasteiger partial charge in [0.25, 0.3) is 11.8 Å². The second kappa shape index (κ2) is 17.5. The Hall–Kier alpha value is -5.58. The number of carbonyl (C=O) groups is 3. The van der Waals surface area contributed by atoms with Crippen LogP contribution in [0.3, 0.4) is 0 Å². The molecule has 0 aromatic heterocycles. The Morgan fingerprint density at radius 2 is 1.55 bits per heavy atom. The van der Waals surface area contributed by atoms with Gasteiger partial charge in [0.15, 0.2) is 5.71 Å². The molecule has 4 aliphatic heterocycles. The lowest BCUT2D eigenvalue weighted by atomic mass is 9.77. The molecule has 3 N–H and O–H groups in total. The number of β-lactam (4-membered cyclic amide) rings is 1. The molecule has 0 unspecified atom stereocenters. The SMILES string of the molecule is CO/N=C(\C(=O)N[C@@H]1C(=O)N2C(C(=O)OCc3ccc(OC)cc3)=C([C@@H]3CCCO3)CS[C@H]12)C1=CSN(NC(c2ccccc2)(c2ccccc2)c2ccccc2)N1. The van der Waals surface area contributed by atoms with Gasteiger partial charge in [0.2, 0.25) is 0 Å². The van der Waals surface area contributed by atoms with Crippen LogP contribution in [-0.4, -0.2) is 77.0 Å². The molecule has 15 heteroatoms. The van der Waals surface area contributed by atoms with E-state index in [2.05, 4.69) is 57.7 Å². The lowest BCUT2D eigenvalue weighted by Gasteiger charge is -2.50. The van der Waals surface area contributed by atoms with E-state index in [-0.39, 0.29) is 24.1 Å². The van der Waals surface area contributed by atoms with Gasteiger partial charge in [-0.15, -0.1) is 11.8 Å². The van der Waals surface area contributed by atoms with Crippen molar-refractivity contribution < 1.29 is 33.4 Å². The molecule has 0 aliphatic carbocycles. The number of thioether (sulfide) groups is 1. The van der Waals surface area contributed by atoms with Crippen molar-refractivity contribution in [2.45, 2.75) is 42.5 Å². The van der Waals surface area contributed by atoms with Gasteiger partial charge in [-0.2, -0.15) is 0 Å². The van der Waals surface area contributed by atoms with E-state index < -0.39 is 34.7 Å². The fourth-order valence-corrected chi connectivity index (χ4v) is 9.65. The summed E-state index contributed by atoms with van der Waals surface area (Å²) >= 11 is 2.75. The third-order valence-electron chi connectivity index (χ3n) is 10.4. The molecular formula is C43H42N6O7S2. The summed E-state index contributed by atoms with van der Waals surface area (Å²) in [6, 6.07) is 36.6. The molecule has 0 bridgehead atoms. The lowest BCUT2D eigenvalue weighted by Crippen LogP contribution is -2.71. The lowest BCUT2D eigenvalue weighted by molar-refractivity contribution is -0.153. The molecule has 4 aromatic rings. The second-order valence-corrected chi connectivity index (χ2v) is 15.7. The van der Waals surface area contributed by atoms with Gasteiger partial charge in [-0.05, 0) is 64.7 Å². The monoisotopic (exact) mass is 818 g/mol. The number of fused-ring (bicyclic) bond motifs is 1. The van der Waals surface area contributed by atoms with E-state index in [1.807, 2.05) is 66.7 Å². The first kappa shape index (κ1) is 39.3. The molecule has 8 rings (SSSR count). The van der Waals surface area contributed by atoms with Crippen molar-refractivity contribution in [2.75, 3.05) is 26.6 Å². The maximum atomic E-state index is 14.0. The Labute approximate surface area is 344 Å². The zero-order valence-corrected chi connectivity index (χ0v) is 33.5. The standard InChI is InChI=1S/C43H42N6O7S2/c1-53-32-22-20-28(21-23-32)25-56-42(52)38-33(35-19-12-24-55-35)26-57-41-37(40(51)48(38)41)44-39(50)36(46-54-2)34-27-58-49(45-34)47-43(29-13-6-3-7-14-29,30-15-8-4-9-16-30)31-17-10-5-11-18-31/h3-11,13-18,20-23,27,35,37,41,45,47H,12,19,24-26H2,1-2H3,(H,44,50)/b46-36-/t35-,37+,41+/m0/s1. The normalized spacial score (nSPS) is 20.8. The predicted octanol–water partition coefficient (Wildman–Crippen LogP) is 5.38. The molecule has 4 heterocycles. The zero-order valence-electron chi connectivity index (χ0n) is 31.8. The van der Waals surface area contributed by atoms with Crippen LogP contribution < -0.4 is 20.9 Å². The molecule has 2 amide bonds. The quantitative estimate of drug-likeness (QED) is 0.0376. The Bertz CT molecular complexity index is 2120. The van der Waals surface area contributed by atoms with Crippen molar-refractivity contribution in [3.8, 4) is 5.75 Å². The number of hydrogen-bond acceptors (Lipinski definition) is 13. The topological polar surface area (TPSA) is 143 Å². The van der Waals surface area contributed by atoms with Crippen molar-refractivity contribution in [1.82, 2.24) is 25.6 Å². The van der Waals surface area contributed by atoms with Crippen LogP contribution in [0.5, 0.6) is 5.75 Å². The minimum absolute atomic E-state index is 0.0111. The molecule has 0 spiro atoms. The number of methoxy groups -OCH3 is 1. The summed E-state index contributed by atoms with van der Waals surface area (Å²) in [6.45, 7) is 0.586.